The molecule has 0 saturated carbocycles. The van der Waals surface area contributed by atoms with Gasteiger partial charge in [-0.1, -0.05) is 0 Å². The van der Waals surface area contributed by atoms with Gasteiger partial charge in [-0.15, -0.1) is 0 Å². The van der Waals surface area contributed by atoms with Crippen molar-refractivity contribution in [2.24, 2.45) is 0 Å². The van der Waals surface area contributed by atoms with Gasteiger partial charge in [0.05, 0.1) is 10.6 Å². The Morgan fingerprint density at radius 2 is 1.85 bits per heavy atom. The molecule has 0 fully saturated rings. The largest absolute Gasteiger partial charge is 0.277 e. The van der Waals surface area contributed by atoms with E-state index in [1.54, 1.807) is 26.0 Å². The summed E-state index contributed by atoms with van der Waals surface area (Å²) in [5, 5.41) is 0. The molecule has 1 aromatic heterocycles. The number of benzene rings is 1. The standard InChI is InChI=1S/C13H12BrFN2O2S/c1-8-6-10(15)7-9(2)12(8)20(18,19)17-11-4-3-5-16-13(11)14/h3-7,17H,1-2H3. The van der Waals surface area contributed by atoms with E-state index < -0.39 is 15.8 Å². The monoisotopic (exact) mass is 358 g/mol. The van der Waals surface area contributed by atoms with E-state index in [-0.39, 0.29) is 4.90 Å². The van der Waals surface area contributed by atoms with E-state index in [4.69, 9.17) is 0 Å². The number of aryl methyl sites for hydroxylation is 2. The molecule has 2 rings (SSSR count). The molecule has 0 unspecified atom stereocenters. The van der Waals surface area contributed by atoms with Crippen LogP contribution in [0.25, 0.3) is 0 Å². The van der Waals surface area contributed by atoms with Gasteiger partial charge in [-0.3, -0.25) is 4.72 Å². The highest BCUT2D eigenvalue weighted by atomic mass is 79.9. The van der Waals surface area contributed by atoms with Crippen molar-refractivity contribution in [3.05, 3.63) is 52.0 Å². The first-order valence-corrected chi connectivity index (χ1v) is 7.99. The summed E-state index contributed by atoms with van der Waals surface area (Å²) in [5.74, 6) is -0.457. The minimum atomic E-state index is -3.80. The first kappa shape index (κ1) is 14.9. The lowest BCUT2D eigenvalue weighted by molar-refractivity contribution is 0.597. The normalized spacial score (nSPS) is 11.4. The molecule has 0 aliphatic rings. The number of nitrogens with zero attached hydrogens (tertiary/aromatic N) is 1. The quantitative estimate of drug-likeness (QED) is 0.855. The minimum absolute atomic E-state index is 0.0784. The number of sulfonamides is 1. The molecular weight excluding hydrogens is 347 g/mol. The van der Waals surface area contributed by atoms with E-state index in [1.165, 1.54) is 18.3 Å². The molecule has 0 atom stereocenters. The van der Waals surface area contributed by atoms with E-state index in [2.05, 4.69) is 25.6 Å². The van der Waals surface area contributed by atoms with Crippen LogP contribution in [0.3, 0.4) is 0 Å². The van der Waals surface area contributed by atoms with Crippen molar-refractivity contribution in [1.82, 2.24) is 4.98 Å². The Bertz CT molecular complexity index is 740. The minimum Gasteiger partial charge on any atom is -0.277 e. The summed E-state index contributed by atoms with van der Waals surface area (Å²) in [5.41, 5.74) is 1.04. The van der Waals surface area contributed by atoms with Gasteiger partial charge in [-0.25, -0.2) is 17.8 Å². The molecule has 2 aromatic rings. The van der Waals surface area contributed by atoms with Crippen molar-refractivity contribution in [2.45, 2.75) is 18.7 Å². The molecule has 0 spiro atoms. The van der Waals surface area contributed by atoms with E-state index in [9.17, 15) is 12.8 Å². The van der Waals surface area contributed by atoms with Crippen LogP contribution in [0.2, 0.25) is 0 Å². The number of aromatic nitrogens is 1. The van der Waals surface area contributed by atoms with Crippen LogP contribution in [-0.4, -0.2) is 13.4 Å². The van der Waals surface area contributed by atoms with E-state index in [1.807, 2.05) is 0 Å². The Morgan fingerprint density at radius 3 is 2.40 bits per heavy atom. The van der Waals surface area contributed by atoms with Crippen LogP contribution in [0, 0.1) is 19.7 Å². The molecular formula is C13H12BrFN2O2S. The van der Waals surface area contributed by atoms with Gasteiger partial charge in [0.2, 0.25) is 0 Å². The van der Waals surface area contributed by atoms with Gasteiger partial charge in [-0.2, -0.15) is 0 Å². The lowest BCUT2D eigenvalue weighted by atomic mass is 10.1. The fourth-order valence-electron chi connectivity index (χ4n) is 1.98. The average molecular weight is 359 g/mol. The maximum atomic E-state index is 13.3. The van der Waals surface area contributed by atoms with Gasteiger partial charge in [0.15, 0.2) is 0 Å². The van der Waals surface area contributed by atoms with E-state index >= 15 is 0 Å². The van der Waals surface area contributed by atoms with E-state index in [0.29, 0.717) is 21.4 Å². The fraction of sp³-hybridized carbons (Fsp3) is 0.154. The maximum Gasteiger partial charge on any atom is 0.262 e. The molecule has 0 aliphatic heterocycles. The predicted octanol–water partition coefficient (Wildman–Crippen LogP) is 3.40. The van der Waals surface area contributed by atoms with Crippen LogP contribution >= 0.6 is 15.9 Å². The highest BCUT2D eigenvalue weighted by molar-refractivity contribution is 9.10. The second-order valence-electron chi connectivity index (χ2n) is 4.32. The maximum absolute atomic E-state index is 13.3. The number of nitrogens with one attached hydrogen (secondary N) is 1. The van der Waals surface area contributed by atoms with Crippen LogP contribution in [0.15, 0.2) is 40.0 Å². The first-order valence-electron chi connectivity index (χ1n) is 5.71. The van der Waals surface area contributed by atoms with Crippen molar-refractivity contribution >= 4 is 31.6 Å². The number of hydrogen-bond acceptors (Lipinski definition) is 3. The summed E-state index contributed by atoms with van der Waals surface area (Å²) < 4.78 is 40.9. The number of halogens is 2. The van der Waals surface area contributed by atoms with Gasteiger partial charge in [0.25, 0.3) is 10.0 Å². The molecule has 0 radical (unpaired) electrons. The molecule has 106 valence electrons. The molecule has 1 N–H and O–H groups in total. The van der Waals surface area contributed by atoms with Crippen molar-refractivity contribution in [3.63, 3.8) is 0 Å². The fourth-order valence-corrected chi connectivity index (χ4v) is 3.98. The number of pyridine rings is 1. The Morgan fingerprint density at radius 1 is 1.25 bits per heavy atom. The van der Waals surface area contributed by atoms with Crippen LogP contribution in [0.5, 0.6) is 0 Å². The molecule has 7 heteroatoms. The zero-order chi connectivity index (χ0) is 14.9. The molecule has 0 saturated heterocycles. The van der Waals surface area contributed by atoms with Crippen molar-refractivity contribution in [1.29, 1.82) is 0 Å². The molecule has 0 aliphatic carbocycles. The van der Waals surface area contributed by atoms with Crippen LogP contribution < -0.4 is 4.72 Å². The summed E-state index contributed by atoms with van der Waals surface area (Å²) in [7, 11) is -3.80. The van der Waals surface area contributed by atoms with Crippen LogP contribution in [0.1, 0.15) is 11.1 Å². The number of rotatable bonds is 3. The summed E-state index contributed by atoms with van der Waals surface area (Å²) in [6.07, 6.45) is 1.54. The van der Waals surface area contributed by atoms with Gasteiger partial charge in [0, 0.05) is 6.20 Å². The van der Waals surface area contributed by atoms with Crippen molar-refractivity contribution < 1.29 is 12.8 Å². The molecule has 20 heavy (non-hydrogen) atoms. The SMILES string of the molecule is Cc1cc(F)cc(C)c1S(=O)(=O)Nc1cccnc1Br. The summed E-state index contributed by atoms with van der Waals surface area (Å²) >= 11 is 3.17. The summed E-state index contributed by atoms with van der Waals surface area (Å²) in [6.45, 7) is 3.12. The Hall–Kier alpha value is -1.47. The lowest BCUT2D eigenvalue weighted by Gasteiger charge is -2.13. The third-order valence-corrected chi connectivity index (χ3v) is 5.00. The van der Waals surface area contributed by atoms with Crippen molar-refractivity contribution in [3.8, 4) is 0 Å². The third-order valence-electron chi connectivity index (χ3n) is 2.70. The zero-order valence-electron chi connectivity index (χ0n) is 10.8. The molecule has 1 aromatic carbocycles. The smallest absolute Gasteiger partial charge is 0.262 e. The highest BCUT2D eigenvalue weighted by Crippen LogP contribution is 2.26. The van der Waals surface area contributed by atoms with Gasteiger partial charge in [-0.05, 0) is 65.2 Å². The van der Waals surface area contributed by atoms with Crippen LogP contribution in [-0.2, 0) is 10.0 Å². The summed E-state index contributed by atoms with van der Waals surface area (Å²) in [4.78, 5) is 4.02. The second-order valence-corrected chi connectivity index (χ2v) is 6.69. The van der Waals surface area contributed by atoms with Crippen molar-refractivity contribution in [2.75, 3.05) is 4.72 Å². The Balaban J connectivity index is 2.50. The lowest BCUT2D eigenvalue weighted by Crippen LogP contribution is -2.16. The summed E-state index contributed by atoms with van der Waals surface area (Å²) in [6, 6.07) is 5.59. The van der Waals surface area contributed by atoms with Gasteiger partial charge < -0.3 is 0 Å². The zero-order valence-corrected chi connectivity index (χ0v) is 13.2. The molecule has 1 heterocycles. The Kier molecular flexibility index (Phi) is 4.10. The second kappa shape index (κ2) is 5.49. The molecule has 0 bridgehead atoms. The van der Waals surface area contributed by atoms with Crippen LogP contribution in [0.4, 0.5) is 10.1 Å². The first-order chi connectivity index (χ1) is 9.31. The van der Waals surface area contributed by atoms with Gasteiger partial charge >= 0.3 is 0 Å². The van der Waals surface area contributed by atoms with E-state index in [0.717, 1.165) is 0 Å². The topological polar surface area (TPSA) is 59.1 Å². The number of anilines is 1. The highest BCUT2D eigenvalue weighted by Gasteiger charge is 2.21. The third kappa shape index (κ3) is 2.99. The molecule has 4 nitrogen and oxygen atoms in total. The molecule has 0 amide bonds. The predicted molar refractivity (Wildman–Crippen MR) is 78.6 cm³/mol. The van der Waals surface area contributed by atoms with Gasteiger partial charge in [0.1, 0.15) is 10.4 Å². The average Bonchev–Trinajstić information content (AvgIpc) is 2.30. The number of hydrogen-bond donors (Lipinski definition) is 1. The Labute approximate surface area is 125 Å².